The van der Waals surface area contributed by atoms with Crippen molar-refractivity contribution in [3.63, 3.8) is 0 Å². The molecule has 18 heavy (non-hydrogen) atoms. The van der Waals surface area contributed by atoms with Gasteiger partial charge in [-0.3, -0.25) is 4.90 Å². The molecule has 0 saturated carbocycles. The standard InChI is InChI=1S/C13H19N3O2/c1-3-18-12-6-4-10(5-7-12)16-9-11(8-14)15(2)13(16)17/h4-7,11H,3,8-9,14H2,1-2H3. The van der Waals surface area contributed by atoms with Crippen LogP contribution in [0.3, 0.4) is 0 Å². The first kappa shape index (κ1) is 12.7. The molecule has 2 rings (SSSR count). The third kappa shape index (κ3) is 2.26. The van der Waals surface area contributed by atoms with Crippen molar-refractivity contribution in [3.05, 3.63) is 24.3 Å². The Kier molecular flexibility index (Phi) is 3.72. The minimum Gasteiger partial charge on any atom is -0.494 e. The molecular weight excluding hydrogens is 230 g/mol. The lowest BCUT2D eigenvalue weighted by atomic mass is 10.2. The van der Waals surface area contributed by atoms with Crippen LogP contribution in [0.25, 0.3) is 0 Å². The lowest BCUT2D eigenvalue weighted by Gasteiger charge is -2.16. The molecule has 1 fully saturated rings. The van der Waals surface area contributed by atoms with Crippen LogP contribution in [0, 0.1) is 0 Å². The highest BCUT2D eigenvalue weighted by atomic mass is 16.5. The van der Waals surface area contributed by atoms with E-state index < -0.39 is 0 Å². The van der Waals surface area contributed by atoms with E-state index in [0.29, 0.717) is 19.7 Å². The minimum atomic E-state index is -0.00499. The maximum absolute atomic E-state index is 12.1. The molecule has 1 unspecified atom stereocenters. The number of ether oxygens (including phenoxy) is 1. The van der Waals surface area contributed by atoms with Crippen LogP contribution in [0.2, 0.25) is 0 Å². The van der Waals surface area contributed by atoms with Crippen molar-refractivity contribution in [3.8, 4) is 5.75 Å². The zero-order chi connectivity index (χ0) is 13.1. The summed E-state index contributed by atoms with van der Waals surface area (Å²) < 4.78 is 5.38. The van der Waals surface area contributed by atoms with Crippen molar-refractivity contribution in [2.24, 2.45) is 5.73 Å². The van der Waals surface area contributed by atoms with Crippen molar-refractivity contribution in [2.75, 3.05) is 31.6 Å². The molecule has 1 aliphatic rings. The van der Waals surface area contributed by atoms with Gasteiger partial charge in [0.25, 0.3) is 0 Å². The average Bonchev–Trinajstić information content (AvgIpc) is 2.68. The van der Waals surface area contributed by atoms with Gasteiger partial charge in [-0.1, -0.05) is 0 Å². The lowest BCUT2D eigenvalue weighted by Crippen LogP contribution is -2.35. The smallest absolute Gasteiger partial charge is 0.324 e. The first-order valence-corrected chi connectivity index (χ1v) is 6.14. The van der Waals surface area contributed by atoms with Crippen LogP contribution in [0.1, 0.15) is 6.92 Å². The first-order valence-electron chi connectivity index (χ1n) is 6.14. The van der Waals surface area contributed by atoms with Crippen LogP contribution in [0.5, 0.6) is 5.75 Å². The Balaban J connectivity index is 2.14. The number of nitrogens with zero attached hydrogens (tertiary/aromatic N) is 2. The fourth-order valence-corrected chi connectivity index (χ4v) is 2.10. The van der Waals surface area contributed by atoms with Crippen LogP contribution in [0.15, 0.2) is 24.3 Å². The summed E-state index contributed by atoms with van der Waals surface area (Å²) >= 11 is 0. The Hall–Kier alpha value is -1.75. The quantitative estimate of drug-likeness (QED) is 0.874. The summed E-state index contributed by atoms with van der Waals surface area (Å²) in [6, 6.07) is 7.63. The highest BCUT2D eigenvalue weighted by Crippen LogP contribution is 2.24. The second-order valence-electron chi connectivity index (χ2n) is 4.32. The highest BCUT2D eigenvalue weighted by Gasteiger charge is 2.34. The predicted octanol–water partition coefficient (Wildman–Crippen LogP) is 1.28. The van der Waals surface area contributed by atoms with Gasteiger partial charge >= 0.3 is 6.03 Å². The van der Waals surface area contributed by atoms with E-state index in [0.717, 1.165) is 11.4 Å². The van der Waals surface area contributed by atoms with E-state index in [1.165, 1.54) is 0 Å². The number of nitrogens with two attached hydrogens (primary N) is 1. The molecule has 0 aromatic heterocycles. The summed E-state index contributed by atoms with van der Waals surface area (Å²) in [7, 11) is 1.79. The second kappa shape index (κ2) is 5.27. The molecule has 1 aromatic carbocycles. The molecule has 5 heteroatoms. The molecule has 1 heterocycles. The Morgan fingerprint density at radius 3 is 2.56 bits per heavy atom. The Bertz CT molecular complexity index is 419. The number of carbonyl (C=O) groups is 1. The topological polar surface area (TPSA) is 58.8 Å². The summed E-state index contributed by atoms with van der Waals surface area (Å²) in [6.45, 7) is 3.70. The highest BCUT2D eigenvalue weighted by molar-refractivity contribution is 5.94. The van der Waals surface area contributed by atoms with E-state index >= 15 is 0 Å². The number of rotatable bonds is 4. The van der Waals surface area contributed by atoms with Gasteiger partial charge in [0.1, 0.15) is 5.75 Å². The molecule has 2 amide bonds. The van der Waals surface area contributed by atoms with Crippen LogP contribution in [0.4, 0.5) is 10.5 Å². The Morgan fingerprint density at radius 2 is 2.06 bits per heavy atom. The van der Waals surface area contributed by atoms with Gasteiger partial charge in [0, 0.05) is 25.8 Å². The van der Waals surface area contributed by atoms with Gasteiger partial charge < -0.3 is 15.4 Å². The zero-order valence-corrected chi connectivity index (χ0v) is 10.8. The molecule has 1 aromatic rings. The van der Waals surface area contributed by atoms with Crippen molar-refractivity contribution < 1.29 is 9.53 Å². The molecule has 2 N–H and O–H groups in total. The first-order chi connectivity index (χ1) is 8.67. The largest absolute Gasteiger partial charge is 0.494 e. The minimum absolute atomic E-state index is 0.00499. The second-order valence-corrected chi connectivity index (χ2v) is 4.32. The van der Waals surface area contributed by atoms with E-state index in [1.54, 1.807) is 16.8 Å². The van der Waals surface area contributed by atoms with E-state index in [-0.39, 0.29) is 12.1 Å². The van der Waals surface area contributed by atoms with Crippen molar-refractivity contribution in [1.82, 2.24) is 4.90 Å². The molecule has 1 aliphatic heterocycles. The number of carbonyl (C=O) groups excluding carboxylic acids is 1. The van der Waals surface area contributed by atoms with Gasteiger partial charge in [0.2, 0.25) is 0 Å². The molecule has 98 valence electrons. The summed E-state index contributed by atoms with van der Waals surface area (Å²) in [6.07, 6.45) is 0. The van der Waals surface area contributed by atoms with Gasteiger partial charge in [0.05, 0.1) is 12.6 Å². The van der Waals surface area contributed by atoms with Crippen molar-refractivity contribution >= 4 is 11.7 Å². The Morgan fingerprint density at radius 1 is 1.39 bits per heavy atom. The average molecular weight is 249 g/mol. The lowest BCUT2D eigenvalue weighted by molar-refractivity contribution is 0.219. The van der Waals surface area contributed by atoms with Crippen LogP contribution < -0.4 is 15.4 Å². The van der Waals surface area contributed by atoms with Crippen LogP contribution in [-0.4, -0.2) is 43.7 Å². The number of hydrogen-bond acceptors (Lipinski definition) is 3. The van der Waals surface area contributed by atoms with E-state index in [1.807, 2.05) is 31.2 Å². The number of likely N-dealkylation sites (N-methyl/N-ethyl adjacent to an activating group) is 1. The number of urea groups is 1. The van der Waals surface area contributed by atoms with Crippen molar-refractivity contribution in [2.45, 2.75) is 13.0 Å². The van der Waals surface area contributed by atoms with E-state index in [2.05, 4.69) is 0 Å². The van der Waals surface area contributed by atoms with Crippen LogP contribution in [-0.2, 0) is 0 Å². The maximum Gasteiger partial charge on any atom is 0.324 e. The molecule has 0 bridgehead atoms. The predicted molar refractivity (Wildman–Crippen MR) is 71.0 cm³/mol. The monoisotopic (exact) mass is 249 g/mol. The van der Waals surface area contributed by atoms with E-state index in [4.69, 9.17) is 10.5 Å². The fourth-order valence-electron chi connectivity index (χ4n) is 2.10. The number of hydrogen-bond donors (Lipinski definition) is 1. The molecule has 0 aliphatic carbocycles. The molecule has 5 nitrogen and oxygen atoms in total. The summed E-state index contributed by atoms with van der Waals surface area (Å²) in [4.78, 5) is 15.5. The normalized spacial score (nSPS) is 19.5. The summed E-state index contributed by atoms with van der Waals surface area (Å²) in [5, 5.41) is 0. The van der Waals surface area contributed by atoms with Gasteiger partial charge in [-0.15, -0.1) is 0 Å². The van der Waals surface area contributed by atoms with Gasteiger partial charge in [0.15, 0.2) is 0 Å². The number of benzene rings is 1. The SMILES string of the molecule is CCOc1ccc(N2CC(CN)N(C)C2=O)cc1. The molecule has 0 radical (unpaired) electrons. The maximum atomic E-state index is 12.1. The fraction of sp³-hybridized carbons (Fsp3) is 0.462. The number of amides is 2. The van der Waals surface area contributed by atoms with Crippen LogP contribution >= 0.6 is 0 Å². The van der Waals surface area contributed by atoms with Gasteiger partial charge in [-0.05, 0) is 31.2 Å². The zero-order valence-electron chi connectivity index (χ0n) is 10.8. The van der Waals surface area contributed by atoms with Crippen molar-refractivity contribution in [1.29, 1.82) is 0 Å². The van der Waals surface area contributed by atoms with Gasteiger partial charge in [-0.2, -0.15) is 0 Å². The summed E-state index contributed by atoms with van der Waals surface area (Å²) in [5.74, 6) is 0.816. The molecular formula is C13H19N3O2. The van der Waals surface area contributed by atoms with E-state index in [9.17, 15) is 4.79 Å². The molecule has 0 spiro atoms. The molecule has 1 atom stereocenters. The Labute approximate surface area is 107 Å². The third-order valence-corrected chi connectivity index (χ3v) is 3.21. The number of anilines is 1. The molecule has 1 saturated heterocycles. The third-order valence-electron chi connectivity index (χ3n) is 3.21. The van der Waals surface area contributed by atoms with Gasteiger partial charge in [-0.25, -0.2) is 4.79 Å². The summed E-state index contributed by atoms with van der Waals surface area (Å²) in [5.41, 5.74) is 6.53.